The Balaban J connectivity index is 1.97. The van der Waals surface area contributed by atoms with Crippen molar-refractivity contribution in [1.29, 1.82) is 0 Å². The Labute approximate surface area is 157 Å². The first kappa shape index (κ1) is 20.1. The summed E-state index contributed by atoms with van der Waals surface area (Å²) in [6, 6.07) is 12.0. The lowest BCUT2D eigenvalue weighted by molar-refractivity contribution is -0.137. The topological polar surface area (TPSA) is 108 Å². The maximum Gasteiger partial charge on any atom is 0.303 e. The van der Waals surface area contributed by atoms with Crippen molar-refractivity contribution in [2.24, 2.45) is 0 Å². The van der Waals surface area contributed by atoms with Crippen molar-refractivity contribution in [2.45, 2.75) is 31.7 Å². The minimum Gasteiger partial charge on any atom is -0.481 e. The molecule has 0 saturated heterocycles. The molecule has 2 rings (SSSR count). The molecule has 0 saturated carbocycles. The van der Waals surface area contributed by atoms with E-state index in [2.05, 4.69) is 15.6 Å². The highest BCUT2D eigenvalue weighted by Gasteiger charge is 2.21. The van der Waals surface area contributed by atoms with Crippen molar-refractivity contribution >= 4 is 17.8 Å². The number of nitrogens with one attached hydrogen (secondary N) is 2. The summed E-state index contributed by atoms with van der Waals surface area (Å²) in [6.45, 7) is 0.361. The first-order valence-electron chi connectivity index (χ1n) is 8.80. The monoisotopic (exact) mass is 369 g/mol. The van der Waals surface area contributed by atoms with Crippen molar-refractivity contribution in [3.8, 4) is 0 Å². The summed E-state index contributed by atoms with van der Waals surface area (Å²) in [7, 11) is 0. The fraction of sp³-hybridized carbons (Fsp3) is 0.300. The Morgan fingerprint density at radius 2 is 1.81 bits per heavy atom. The van der Waals surface area contributed by atoms with E-state index in [1.165, 1.54) is 6.20 Å². The second kappa shape index (κ2) is 10.7. The lowest BCUT2D eigenvalue weighted by Gasteiger charge is -2.18. The van der Waals surface area contributed by atoms with Crippen molar-refractivity contribution in [3.05, 3.63) is 66.0 Å². The maximum atomic E-state index is 12.6. The summed E-state index contributed by atoms with van der Waals surface area (Å²) in [6.07, 6.45) is 4.49. The van der Waals surface area contributed by atoms with Crippen LogP contribution in [0, 0.1) is 0 Å². The van der Waals surface area contributed by atoms with Gasteiger partial charge in [0.25, 0.3) is 5.91 Å². The lowest BCUT2D eigenvalue weighted by atomic mass is 10.0. The van der Waals surface area contributed by atoms with E-state index < -0.39 is 12.0 Å². The van der Waals surface area contributed by atoms with E-state index in [0.29, 0.717) is 31.4 Å². The molecular weight excluding hydrogens is 346 g/mol. The van der Waals surface area contributed by atoms with Crippen LogP contribution in [0.15, 0.2) is 54.9 Å². The summed E-state index contributed by atoms with van der Waals surface area (Å²) < 4.78 is 0. The smallest absolute Gasteiger partial charge is 0.303 e. The second-order valence-electron chi connectivity index (χ2n) is 6.10. The number of carbonyl (C=O) groups is 3. The molecule has 1 atom stereocenters. The zero-order valence-electron chi connectivity index (χ0n) is 14.9. The first-order chi connectivity index (χ1) is 13.1. The second-order valence-corrected chi connectivity index (χ2v) is 6.10. The number of pyridine rings is 1. The van der Waals surface area contributed by atoms with Crippen LogP contribution < -0.4 is 10.6 Å². The molecule has 142 valence electrons. The molecule has 0 spiro atoms. The van der Waals surface area contributed by atoms with Gasteiger partial charge in [-0.3, -0.25) is 19.4 Å². The molecule has 3 N–H and O–H groups in total. The molecule has 27 heavy (non-hydrogen) atoms. The first-order valence-corrected chi connectivity index (χ1v) is 8.80. The highest BCUT2D eigenvalue weighted by atomic mass is 16.4. The van der Waals surface area contributed by atoms with E-state index in [1.807, 2.05) is 30.3 Å². The van der Waals surface area contributed by atoms with Gasteiger partial charge >= 0.3 is 5.97 Å². The SMILES string of the molecule is O=C(O)CCCCNC(=O)C(Cc1ccccc1)NC(=O)c1cccnc1. The Hall–Kier alpha value is -3.22. The molecule has 0 radical (unpaired) electrons. The summed E-state index contributed by atoms with van der Waals surface area (Å²) in [5.41, 5.74) is 1.31. The molecule has 2 aromatic rings. The predicted molar refractivity (Wildman–Crippen MR) is 100 cm³/mol. The Morgan fingerprint density at radius 3 is 2.48 bits per heavy atom. The Morgan fingerprint density at radius 1 is 1.04 bits per heavy atom. The van der Waals surface area contributed by atoms with Gasteiger partial charge < -0.3 is 15.7 Å². The summed E-state index contributed by atoms with van der Waals surface area (Å²) in [4.78, 5) is 39.4. The van der Waals surface area contributed by atoms with Crippen molar-refractivity contribution < 1.29 is 19.5 Å². The van der Waals surface area contributed by atoms with Gasteiger partial charge in [0.2, 0.25) is 5.91 Å². The molecule has 1 heterocycles. The summed E-state index contributed by atoms with van der Waals surface area (Å²) in [5, 5.41) is 14.2. The number of carboxylic acids is 1. The van der Waals surface area contributed by atoms with Gasteiger partial charge in [-0.25, -0.2) is 0 Å². The van der Waals surface area contributed by atoms with Crippen LogP contribution in [0.25, 0.3) is 0 Å². The van der Waals surface area contributed by atoms with Gasteiger partial charge in [0.1, 0.15) is 6.04 Å². The van der Waals surface area contributed by atoms with E-state index in [0.717, 1.165) is 5.56 Å². The number of rotatable bonds is 10. The zero-order chi connectivity index (χ0) is 19.5. The van der Waals surface area contributed by atoms with E-state index in [1.54, 1.807) is 18.3 Å². The number of nitrogens with zero attached hydrogens (tertiary/aromatic N) is 1. The van der Waals surface area contributed by atoms with Crippen molar-refractivity contribution in [1.82, 2.24) is 15.6 Å². The normalized spacial score (nSPS) is 11.4. The fourth-order valence-electron chi connectivity index (χ4n) is 2.53. The average Bonchev–Trinajstić information content (AvgIpc) is 2.68. The molecule has 1 aromatic heterocycles. The molecule has 0 aliphatic heterocycles. The molecule has 1 aromatic carbocycles. The third-order valence-electron chi connectivity index (χ3n) is 3.94. The van der Waals surface area contributed by atoms with E-state index >= 15 is 0 Å². The van der Waals surface area contributed by atoms with Gasteiger partial charge in [0.15, 0.2) is 0 Å². The summed E-state index contributed by atoms with van der Waals surface area (Å²) in [5.74, 6) is -1.52. The number of aliphatic carboxylic acids is 1. The molecule has 7 heteroatoms. The number of benzene rings is 1. The number of hydrogen-bond donors (Lipinski definition) is 3. The van der Waals surface area contributed by atoms with Gasteiger partial charge in [-0.05, 0) is 30.5 Å². The van der Waals surface area contributed by atoms with Crippen LogP contribution >= 0.6 is 0 Å². The molecule has 7 nitrogen and oxygen atoms in total. The third kappa shape index (κ3) is 7.27. The minimum atomic E-state index is -0.855. The fourth-order valence-corrected chi connectivity index (χ4v) is 2.53. The molecule has 1 unspecified atom stereocenters. The molecule has 0 bridgehead atoms. The van der Waals surface area contributed by atoms with E-state index in [4.69, 9.17) is 5.11 Å². The van der Waals surface area contributed by atoms with Crippen LogP contribution in [0.1, 0.15) is 35.2 Å². The third-order valence-corrected chi connectivity index (χ3v) is 3.94. The largest absolute Gasteiger partial charge is 0.481 e. The van der Waals surface area contributed by atoms with Crippen molar-refractivity contribution in [2.75, 3.05) is 6.54 Å². The predicted octanol–water partition coefficient (Wildman–Crippen LogP) is 1.79. The highest BCUT2D eigenvalue weighted by Crippen LogP contribution is 2.05. The van der Waals surface area contributed by atoms with Crippen LogP contribution in [0.2, 0.25) is 0 Å². The number of carboxylic acid groups (broad SMARTS) is 1. The molecule has 0 aliphatic carbocycles. The van der Waals surface area contributed by atoms with E-state index in [9.17, 15) is 14.4 Å². The number of carbonyl (C=O) groups excluding carboxylic acids is 2. The average molecular weight is 369 g/mol. The Bertz CT molecular complexity index is 750. The zero-order valence-corrected chi connectivity index (χ0v) is 14.9. The van der Waals surface area contributed by atoms with Gasteiger partial charge in [0.05, 0.1) is 5.56 Å². The standard InChI is InChI=1S/C20H23N3O4/c24-18(25)10-4-5-12-22-20(27)17(13-15-7-2-1-3-8-15)23-19(26)16-9-6-11-21-14-16/h1-3,6-9,11,14,17H,4-5,10,12-13H2,(H,22,27)(H,23,26)(H,24,25). The summed E-state index contributed by atoms with van der Waals surface area (Å²) >= 11 is 0. The maximum absolute atomic E-state index is 12.6. The highest BCUT2D eigenvalue weighted by molar-refractivity contribution is 5.97. The van der Waals surface area contributed by atoms with Gasteiger partial charge in [-0.15, -0.1) is 0 Å². The van der Waals surface area contributed by atoms with Crippen LogP contribution in [0.5, 0.6) is 0 Å². The molecular formula is C20H23N3O4. The van der Waals surface area contributed by atoms with Gasteiger partial charge in [-0.1, -0.05) is 30.3 Å². The number of unbranched alkanes of at least 4 members (excludes halogenated alkanes) is 1. The van der Waals surface area contributed by atoms with E-state index in [-0.39, 0.29) is 18.2 Å². The van der Waals surface area contributed by atoms with Crippen LogP contribution in [-0.4, -0.2) is 40.5 Å². The molecule has 0 aliphatic rings. The van der Waals surface area contributed by atoms with Crippen LogP contribution in [0.3, 0.4) is 0 Å². The molecule has 0 fully saturated rings. The number of aromatic nitrogens is 1. The number of hydrogen-bond acceptors (Lipinski definition) is 4. The van der Waals surface area contributed by atoms with Crippen LogP contribution in [0.4, 0.5) is 0 Å². The Kier molecular flexibility index (Phi) is 7.96. The lowest BCUT2D eigenvalue weighted by Crippen LogP contribution is -2.48. The van der Waals surface area contributed by atoms with Crippen molar-refractivity contribution in [3.63, 3.8) is 0 Å². The number of amides is 2. The molecule has 2 amide bonds. The van der Waals surface area contributed by atoms with Gasteiger partial charge in [0, 0.05) is 31.8 Å². The van der Waals surface area contributed by atoms with Crippen LogP contribution in [-0.2, 0) is 16.0 Å². The minimum absolute atomic E-state index is 0.0705. The quantitative estimate of drug-likeness (QED) is 0.553. The van der Waals surface area contributed by atoms with Gasteiger partial charge in [-0.2, -0.15) is 0 Å².